The zero-order valence-corrected chi connectivity index (χ0v) is 17.3. The van der Waals surface area contributed by atoms with Gasteiger partial charge < -0.3 is 24.1 Å². The Bertz CT molecular complexity index is 730. The summed E-state index contributed by atoms with van der Waals surface area (Å²) in [5.41, 5.74) is 0. The van der Waals surface area contributed by atoms with Crippen LogP contribution in [0.25, 0.3) is 0 Å². The maximum Gasteiger partial charge on any atom is 0.186 e. The SMILES string of the molecule is CO[C@H]1O[C@H]([C@H](O)CP(c2ccccc2)c2ccccc2)[C@@H]2OC(C)(C)O[C@H]12. The quantitative estimate of drug-likeness (QED) is 0.752. The largest absolute Gasteiger partial charge is 0.390 e. The predicted octanol–water partition coefficient (Wildman–Crippen LogP) is 2.37. The van der Waals surface area contributed by atoms with E-state index in [9.17, 15) is 5.11 Å². The Morgan fingerprint density at radius 1 is 0.964 bits per heavy atom. The van der Waals surface area contributed by atoms with Crippen molar-refractivity contribution in [1.29, 1.82) is 0 Å². The first-order chi connectivity index (χ1) is 13.5. The van der Waals surface area contributed by atoms with Crippen molar-refractivity contribution in [1.82, 2.24) is 0 Å². The van der Waals surface area contributed by atoms with Crippen LogP contribution >= 0.6 is 7.92 Å². The molecule has 0 aromatic heterocycles. The van der Waals surface area contributed by atoms with Crippen molar-refractivity contribution in [3.8, 4) is 0 Å². The Kier molecular flexibility index (Phi) is 5.84. The van der Waals surface area contributed by atoms with Gasteiger partial charge in [-0.2, -0.15) is 0 Å². The molecule has 0 bridgehead atoms. The van der Waals surface area contributed by atoms with Crippen molar-refractivity contribution in [3.05, 3.63) is 60.7 Å². The number of rotatable bonds is 6. The van der Waals surface area contributed by atoms with E-state index >= 15 is 0 Å². The van der Waals surface area contributed by atoms with Crippen LogP contribution in [0.15, 0.2) is 60.7 Å². The summed E-state index contributed by atoms with van der Waals surface area (Å²) in [5, 5.41) is 13.6. The summed E-state index contributed by atoms with van der Waals surface area (Å²) in [6.07, 6.45) is -1.83. The third-order valence-corrected chi connectivity index (χ3v) is 7.75. The van der Waals surface area contributed by atoms with Gasteiger partial charge in [0.05, 0.1) is 6.10 Å². The highest BCUT2D eigenvalue weighted by atomic mass is 31.1. The first kappa shape index (κ1) is 20.0. The highest BCUT2D eigenvalue weighted by Gasteiger charge is 2.57. The molecule has 150 valence electrons. The van der Waals surface area contributed by atoms with Crippen LogP contribution in [0.1, 0.15) is 13.8 Å². The fraction of sp³-hybridized carbons (Fsp3) is 0.455. The molecule has 2 saturated heterocycles. The Balaban J connectivity index is 1.57. The highest BCUT2D eigenvalue weighted by Crippen LogP contribution is 2.42. The van der Waals surface area contributed by atoms with E-state index in [0.29, 0.717) is 6.16 Å². The molecule has 2 fully saturated rings. The molecule has 0 saturated carbocycles. The molecule has 0 aliphatic carbocycles. The van der Waals surface area contributed by atoms with Crippen LogP contribution < -0.4 is 10.6 Å². The molecular weight excluding hydrogens is 375 g/mol. The van der Waals surface area contributed by atoms with Crippen molar-refractivity contribution in [2.75, 3.05) is 13.3 Å². The normalized spacial score (nSPS) is 29.8. The van der Waals surface area contributed by atoms with E-state index < -0.39 is 32.2 Å². The van der Waals surface area contributed by atoms with Crippen molar-refractivity contribution in [3.63, 3.8) is 0 Å². The summed E-state index contributed by atoms with van der Waals surface area (Å²) in [6, 6.07) is 20.7. The maximum absolute atomic E-state index is 11.2. The second kappa shape index (κ2) is 8.19. The molecular formula is C22H27O5P. The Morgan fingerprint density at radius 3 is 2.04 bits per heavy atom. The average Bonchev–Trinajstić information content (AvgIpc) is 3.20. The number of benzene rings is 2. The van der Waals surface area contributed by atoms with Gasteiger partial charge in [-0.15, -0.1) is 0 Å². The minimum atomic E-state index is -0.734. The number of hydrogen-bond acceptors (Lipinski definition) is 5. The number of hydrogen-bond donors (Lipinski definition) is 1. The van der Waals surface area contributed by atoms with E-state index in [1.54, 1.807) is 7.11 Å². The Hall–Kier alpha value is -1.33. The molecule has 2 aliphatic rings. The van der Waals surface area contributed by atoms with Gasteiger partial charge >= 0.3 is 0 Å². The molecule has 4 rings (SSSR count). The highest BCUT2D eigenvalue weighted by molar-refractivity contribution is 7.73. The third-order valence-electron chi connectivity index (χ3n) is 5.16. The molecule has 0 amide bonds. The van der Waals surface area contributed by atoms with Gasteiger partial charge in [-0.25, -0.2) is 0 Å². The summed E-state index contributed by atoms with van der Waals surface area (Å²) >= 11 is 0. The smallest absolute Gasteiger partial charge is 0.186 e. The third kappa shape index (κ3) is 4.02. The van der Waals surface area contributed by atoms with Gasteiger partial charge in [-0.1, -0.05) is 60.7 Å². The molecule has 0 spiro atoms. The predicted molar refractivity (Wildman–Crippen MR) is 109 cm³/mol. The number of aliphatic hydroxyl groups excluding tert-OH is 1. The van der Waals surface area contributed by atoms with Crippen molar-refractivity contribution < 1.29 is 24.1 Å². The van der Waals surface area contributed by atoms with Crippen molar-refractivity contribution >= 4 is 18.5 Å². The van der Waals surface area contributed by atoms with E-state index in [1.807, 2.05) is 50.2 Å². The zero-order chi connectivity index (χ0) is 19.7. The van der Waals surface area contributed by atoms with E-state index in [2.05, 4.69) is 24.3 Å². The molecule has 2 aliphatic heterocycles. The second-order valence-corrected chi connectivity index (χ2v) is 9.87. The fourth-order valence-electron chi connectivity index (χ4n) is 3.96. The Labute approximate surface area is 167 Å². The van der Waals surface area contributed by atoms with Gasteiger partial charge in [0.2, 0.25) is 0 Å². The first-order valence-electron chi connectivity index (χ1n) is 9.58. The average molecular weight is 402 g/mol. The van der Waals surface area contributed by atoms with E-state index in [1.165, 1.54) is 10.6 Å². The van der Waals surface area contributed by atoms with Crippen LogP contribution in [-0.4, -0.2) is 54.9 Å². The minimum Gasteiger partial charge on any atom is -0.390 e. The van der Waals surface area contributed by atoms with Gasteiger partial charge in [0.1, 0.15) is 18.3 Å². The number of methoxy groups -OCH3 is 1. The van der Waals surface area contributed by atoms with Crippen LogP contribution in [0.4, 0.5) is 0 Å². The monoisotopic (exact) mass is 402 g/mol. The minimum absolute atomic E-state index is 0.334. The summed E-state index contributed by atoms with van der Waals surface area (Å²) in [6.45, 7) is 3.75. The van der Waals surface area contributed by atoms with E-state index in [4.69, 9.17) is 18.9 Å². The van der Waals surface area contributed by atoms with E-state index in [-0.39, 0.29) is 12.2 Å². The maximum atomic E-state index is 11.2. The molecule has 0 unspecified atom stereocenters. The lowest BCUT2D eigenvalue weighted by Crippen LogP contribution is -2.41. The lowest BCUT2D eigenvalue weighted by atomic mass is 10.1. The second-order valence-electron chi connectivity index (χ2n) is 7.62. The molecule has 2 heterocycles. The lowest BCUT2D eigenvalue weighted by Gasteiger charge is -2.28. The summed E-state index contributed by atoms with van der Waals surface area (Å²) in [4.78, 5) is 0. The molecule has 6 heteroatoms. The fourth-order valence-corrected chi connectivity index (χ4v) is 6.32. The van der Waals surface area contributed by atoms with Crippen molar-refractivity contribution in [2.45, 2.75) is 50.3 Å². The van der Waals surface area contributed by atoms with Gasteiger partial charge in [0.25, 0.3) is 0 Å². The van der Waals surface area contributed by atoms with Gasteiger partial charge in [0, 0.05) is 13.3 Å². The molecule has 5 nitrogen and oxygen atoms in total. The number of aliphatic hydroxyl groups is 1. The Morgan fingerprint density at radius 2 is 1.50 bits per heavy atom. The molecule has 1 N–H and O–H groups in total. The van der Waals surface area contributed by atoms with Crippen LogP contribution in [-0.2, 0) is 18.9 Å². The summed E-state index contributed by atoms with van der Waals surface area (Å²) in [5.74, 6) is -0.711. The lowest BCUT2D eigenvalue weighted by molar-refractivity contribution is -0.235. The molecule has 28 heavy (non-hydrogen) atoms. The summed E-state index contributed by atoms with van der Waals surface area (Å²) < 4.78 is 23.4. The molecule has 2 aromatic rings. The topological polar surface area (TPSA) is 57.2 Å². The first-order valence-corrected chi connectivity index (χ1v) is 11.1. The number of ether oxygens (including phenoxy) is 4. The van der Waals surface area contributed by atoms with Gasteiger partial charge in [-0.05, 0) is 32.4 Å². The standard InChI is InChI=1S/C22H27O5P/c1-22(2)26-19-18(25-21(24-3)20(19)27-22)17(23)14-28(15-10-6-4-7-11-15)16-12-8-5-9-13-16/h4-13,17-21,23H,14H2,1-3H3/t17-,18-,19+,20+,21+/m1/s1. The van der Waals surface area contributed by atoms with Crippen LogP contribution in [0.5, 0.6) is 0 Å². The molecule has 5 atom stereocenters. The van der Waals surface area contributed by atoms with Crippen LogP contribution in [0.3, 0.4) is 0 Å². The van der Waals surface area contributed by atoms with Gasteiger partial charge in [0.15, 0.2) is 12.1 Å². The van der Waals surface area contributed by atoms with Gasteiger partial charge in [-0.3, -0.25) is 0 Å². The van der Waals surface area contributed by atoms with Crippen LogP contribution in [0.2, 0.25) is 0 Å². The van der Waals surface area contributed by atoms with Crippen LogP contribution in [0, 0.1) is 0 Å². The molecule has 0 radical (unpaired) electrons. The number of fused-ring (bicyclic) bond motifs is 1. The summed E-state index contributed by atoms with van der Waals surface area (Å²) in [7, 11) is 0.855. The van der Waals surface area contributed by atoms with Crippen molar-refractivity contribution in [2.24, 2.45) is 0 Å². The zero-order valence-electron chi connectivity index (χ0n) is 16.4. The van der Waals surface area contributed by atoms with E-state index in [0.717, 1.165) is 0 Å². The molecule has 2 aromatic carbocycles.